The van der Waals surface area contributed by atoms with Crippen LogP contribution in [0.25, 0.3) is 0 Å². The van der Waals surface area contributed by atoms with Crippen LogP contribution in [0.3, 0.4) is 0 Å². The molecule has 150 valence electrons. The maximum atomic E-state index is 6.29. The van der Waals surface area contributed by atoms with Crippen molar-refractivity contribution in [2.24, 2.45) is 4.99 Å². The fraction of sp³-hybridized carbons (Fsp3) is 0.429. The van der Waals surface area contributed by atoms with Crippen LogP contribution in [0.5, 0.6) is 0 Å². The zero-order valence-corrected chi connectivity index (χ0v) is 17.2. The Morgan fingerprint density at radius 1 is 1.32 bits per heavy atom. The molecule has 1 unspecified atom stereocenters. The first kappa shape index (κ1) is 20.4. The van der Waals surface area contributed by atoms with Crippen LogP contribution in [-0.2, 0) is 17.9 Å². The Morgan fingerprint density at radius 3 is 2.96 bits per heavy atom. The summed E-state index contributed by atoms with van der Waals surface area (Å²) in [5, 5.41) is 7.58. The summed E-state index contributed by atoms with van der Waals surface area (Å²) in [4.78, 5) is 11.4. The van der Waals surface area contributed by atoms with Crippen LogP contribution >= 0.6 is 11.6 Å². The summed E-state index contributed by atoms with van der Waals surface area (Å²) in [5.41, 5.74) is 2.33. The molecule has 0 aliphatic carbocycles. The lowest BCUT2D eigenvalue weighted by molar-refractivity contribution is 0.185. The Balaban J connectivity index is 1.61. The van der Waals surface area contributed by atoms with Crippen LogP contribution in [0, 0.1) is 0 Å². The Morgan fingerprint density at radius 2 is 2.18 bits per heavy atom. The van der Waals surface area contributed by atoms with Gasteiger partial charge in [-0.1, -0.05) is 35.9 Å². The van der Waals surface area contributed by atoms with Gasteiger partial charge in [0.15, 0.2) is 5.96 Å². The quantitative estimate of drug-likeness (QED) is 0.551. The third-order valence-electron chi connectivity index (χ3n) is 4.63. The normalized spacial score (nSPS) is 17.0. The van der Waals surface area contributed by atoms with Crippen molar-refractivity contribution in [2.45, 2.75) is 32.5 Å². The lowest BCUT2D eigenvalue weighted by atomic mass is 10.1. The first-order valence-electron chi connectivity index (χ1n) is 9.66. The van der Waals surface area contributed by atoms with E-state index in [1.54, 1.807) is 13.3 Å². The minimum Gasteiger partial charge on any atom is -0.380 e. The van der Waals surface area contributed by atoms with Crippen LogP contribution in [0.4, 0.5) is 5.82 Å². The van der Waals surface area contributed by atoms with Gasteiger partial charge in [0.25, 0.3) is 0 Å². The van der Waals surface area contributed by atoms with Crippen LogP contribution in [0.2, 0.25) is 5.02 Å². The number of nitrogens with one attached hydrogen (secondary N) is 2. The number of guanidine groups is 1. The van der Waals surface area contributed by atoms with E-state index in [0.717, 1.165) is 43.4 Å². The van der Waals surface area contributed by atoms with E-state index in [2.05, 4.69) is 45.6 Å². The van der Waals surface area contributed by atoms with Gasteiger partial charge in [-0.2, -0.15) is 0 Å². The lowest BCUT2D eigenvalue weighted by Gasteiger charge is -2.20. The Hall–Kier alpha value is -2.31. The predicted octanol–water partition coefficient (Wildman–Crippen LogP) is 3.22. The largest absolute Gasteiger partial charge is 0.380 e. The van der Waals surface area contributed by atoms with Gasteiger partial charge in [0.1, 0.15) is 5.82 Å². The summed E-state index contributed by atoms with van der Waals surface area (Å²) in [5.74, 6) is 1.68. The van der Waals surface area contributed by atoms with Crippen molar-refractivity contribution in [3.05, 3.63) is 58.7 Å². The Bertz CT molecular complexity index is 798. The molecule has 1 atom stereocenters. The highest BCUT2D eigenvalue weighted by atomic mass is 35.5. The molecule has 28 heavy (non-hydrogen) atoms. The van der Waals surface area contributed by atoms with Gasteiger partial charge in [-0.3, -0.25) is 0 Å². The van der Waals surface area contributed by atoms with E-state index in [4.69, 9.17) is 21.3 Å². The van der Waals surface area contributed by atoms with Gasteiger partial charge in [0.2, 0.25) is 0 Å². The number of nitrogens with zero attached hydrogens (tertiary/aromatic N) is 3. The van der Waals surface area contributed by atoms with E-state index in [1.165, 1.54) is 5.56 Å². The number of hydrogen-bond acceptors (Lipinski definition) is 4. The van der Waals surface area contributed by atoms with E-state index >= 15 is 0 Å². The van der Waals surface area contributed by atoms with Crippen molar-refractivity contribution in [1.29, 1.82) is 0 Å². The molecule has 0 amide bonds. The summed E-state index contributed by atoms with van der Waals surface area (Å²) in [6.45, 7) is 5.90. The first-order chi connectivity index (χ1) is 13.7. The van der Waals surface area contributed by atoms with Crippen molar-refractivity contribution >= 4 is 23.4 Å². The maximum absolute atomic E-state index is 6.29. The molecule has 0 spiro atoms. The molecule has 0 bridgehead atoms. The smallest absolute Gasteiger partial charge is 0.191 e. The van der Waals surface area contributed by atoms with Gasteiger partial charge in [-0.15, -0.1) is 0 Å². The highest BCUT2D eigenvalue weighted by molar-refractivity contribution is 6.32. The Labute approximate surface area is 172 Å². The van der Waals surface area contributed by atoms with Gasteiger partial charge in [0.05, 0.1) is 18.2 Å². The second-order valence-electron chi connectivity index (χ2n) is 6.83. The number of halogens is 1. The summed E-state index contributed by atoms with van der Waals surface area (Å²) in [6.07, 6.45) is 2.80. The minimum absolute atomic E-state index is 0.302. The second-order valence-corrected chi connectivity index (χ2v) is 7.24. The monoisotopic (exact) mass is 401 g/mol. The number of benzene rings is 1. The van der Waals surface area contributed by atoms with E-state index < -0.39 is 0 Å². The topological polar surface area (TPSA) is 61.8 Å². The molecule has 2 aromatic rings. The number of aromatic nitrogens is 1. The average Bonchev–Trinajstić information content (AvgIpc) is 3.15. The van der Waals surface area contributed by atoms with Crippen LogP contribution in [0.1, 0.15) is 24.5 Å². The fourth-order valence-corrected chi connectivity index (χ4v) is 3.59. The molecule has 2 N–H and O–H groups in total. The molecule has 7 heteroatoms. The van der Waals surface area contributed by atoms with Crippen LogP contribution in [-0.4, -0.2) is 43.7 Å². The second kappa shape index (κ2) is 10.3. The molecule has 1 saturated heterocycles. The molecule has 1 aliphatic rings. The molecule has 0 radical (unpaired) electrons. The highest BCUT2D eigenvalue weighted by Crippen LogP contribution is 2.25. The van der Waals surface area contributed by atoms with E-state index in [-0.39, 0.29) is 0 Å². The molecule has 1 aromatic carbocycles. The minimum atomic E-state index is 0.302. The molecule has 1 fully saturated rings. The number of aliphatic imine (C=N–C) groups is 1. The molecule has 1 aliphatic heterocycles. The Kier molecular flexibility index (Phi) is 7.51. The van der Waals surface area contributed by atoms with Gasteiger partial charge in [0, 0.05) is 39.0 Å². The zero-order valence-electron chi connectivity index (χ0n) is 16.5. The predicted molar refractivity (Wildman–Crippen MR) is 115 cm³/mol. The van der Waals surface area contributed by atoms with Crippen molar-refractivity contribution < 1.29 is 4.74 Å². The van der Waals surface area contributed by atoms with E-state index in [1.807, 2.05) is 18.2 Å². The van der Waals surface area contributed by atoms with Crippen molar-refractivity contribution in [2.75, 3.05) is 31.6 Å². The summed E-state index contributed by atoms with van der Waals surface area (Å²) in [6, 6.07) is 12.4. The number of methoxy groups -OCH3 is 1. The standard InChI is InChI=1S/C21H28ClN5O/c1-3-23-21(25-13-16-6-4-7-17(12-16)15-28-2)26-18-9-11-27(14-18)20-19(22)8-5-10-24-20/h4-8,10,12,18H,3,9,11,13-15H2,1-2H3,(H2,23,25,26). The third-order valence-corrected chi connectivity index (χ3v) is 4.93. The van der Waals surface area contributed by atoms with E-state index in [0.29, 0.717) is 24.2 Å². The molecule has 1 aromatic heterocycles. The molecule has 2 heterocycles. The van der Waals surface area contributed by atoms with Crippen molar-refractivity contribution in [3.8, 4) is 0 Å². The zero-order chi connectivity index (χ0) is 19.8. The average molecular weight is 402 g/mol. The molecule has 3 rings (SSSR count). The number of rotatable bonds is 7. The third kappa shape index (κ3) is 5.59. The highest BCUT2D eigenvalue weighted by Gasteiger charge is 2.25. The molecular formula is C21H28ClN5O. The molecule has 6 nitrogen and oxygen atoms in total. The van der Waals surface area contributed by atoms with Gasteiger partial charge in [-0.25, -0.2) is 9.98 Å². The van der Waals surface area contributed by atoms with Crippen molar-refractivity contribution in [3.63, 3.8) is 0 Å². The summed E-state index contributed by atoms with van der Waals surface area (Å²) < 4.78 is 5.21. The van der Waals surface area contributed by atoms with Gasteiger partial charge < -0.3 is 20.3 Å². The van der Waals surface area contributed by atoms with Crippen LogP contribution < -0.4 is 15.5 Å². The summed E-state index contributed by atoms with van der Waals surface area (Å²) in [7, 11) is 1.71. The maximum Gasteiger partial charge on any atom is 0.191 e. The van der Waals surface area contributed by atoms with Crippen molar-refractivity contribution in [1.82, 2.24) is 15.6 Å². The number of anilines is 1. The fourth-order valence-electron chi connectivity index (χ4n) is 3.35. The van der Waals surface area contributed by atoms with Gasteiger partial charge in [-0.05, 0) is 36.6 Å². The SMILES string of the molecule is CCNC(=NCc1cccc(COC)c1)NC1CCN(c2ncccc2Cl)C1. The summed E-state index contributed by atoms with van der Waals surface area (Å²) >= 11 is 6.29. The number of ether oxygens (including phenoxy) is 1. The van der Waals surface area contributed by atoms with Gasteiger partial charge >= 0.3 is 0 Å². The molecule has 0 saturated carbocycles. The van der Waals surface area contributed by atoms with E-state index in [9.17, 15) is 0 Å². The molecular weight excluding hydrogens is 374 g/mol. The lowest BCUT2D eigenvalue weighted by Crippen LogP contribution is -2.44. The van der Waals surface area contributed by atoms with Crippen LogP contribution in [0.15, 0.2) is 47.6 Å². The first-order valence-corrected chi connectivity index (χ1v) is 10.0. The number of hydrogen-bond donors (Lipinski definition) is 2. The number of pyridine rings is 1.